The molecule has 0 bridgehead atoms. The van der Waals surface area contributed by atoms with E-state index in [0.29, 0.717) is 24.2 Å². The molecule has 5 heteroatoms. The number of rotatable bonds is 7. The number of carbonyl (C=O) groups is 2. The first kappa shape index (κ1) is 14.7. The van der Waals surface area contributed by atoms with E-state index in [2.05, 4.69) is 16.2 Å². The van der Waals surface area contributed by atoms with Crippen LogP contribution in [-0.4, -0.2) is 22.0 Å². The van der Waals surface area contributed by atoms with Crippen molar-refractivity contribution in [2.24, 2.45) is 0 Å². The lowest BCUT2D eigenvalue weighted by Gasteiger charge is -2.05. The average molecular weight is 260 g/mol. The zero-order valence-corrected chi connectivity index (χ0v) is 10.6. The third-order valence-electron chi connectivity index (χ3n) is 2.42. The van der Waals surface area contributed by atoms with Gasteiger partial charge in [0.15, 0.2) is 0 Å². The second-order valence-electron chi connectivity index (χ2n) is 4.07. The highest BCUT2D eigenvalue weighted by atomic mass is 16.4. The topological polar surface area (TPSA) is 79.3 Å². The molecule has 0 saturated carbocycles. The molecule has 0 aliphatic rings. The monoisotopic (exact) mass is 260 g/mol. The van der Waals surface area contributed by atoms with Crippen LogP contribution in [0.5, 0.6) is 0 Å². The predicted molar refractivity (Wildman–Crippen MR) is 71.5 cm³/mol. The molecule has 1 aromatic heterocycles. The SMILES string of the molecule is C#CCCCCC(=O)Nc1ccc(CC(=O)O)nc1. The molecule has 0 radical (unpaired) electrons. The standard InChI is InChI=1S/C14H16N2O3/c1-2-3-4-5-6-13(17)16-12-8-7-11(15-10-12)9-14(18)19/h1,7-8,10H,3-6,9H2,(H,16,17)(H,18,19). The Balaban J connectivity index is 2.38. The third-order valence-corrected chi connectivity index (χ3v) is 2.42. The molecule has 1 heterocycles. The Morgan fingerprint density at radius 3 is 2.74 bits per heavy atom. The Morgan fingerprint density at radius 1 is 1.37 bits per heavy atom. The number of terminal acetylenes is 1. The van der Waals surface area contributed by atoms with Crippen molar-refractivity contribution in [1.29, 1.82) is 0 Å². The molecule has 0 aliphatic carbocycles. The summed E-state index contributed by atoms with van der Waals surface area (Å²) in [6.45, 7) is 0. The number of aliphatic carboxylic acids is 1. The van der Waals surface area contributed by atoms with Crippen molar-refractivity contribution in [2.75, 3.05) is 5.32 Å². The fourth-order valence-electron chi connectivity index (χ4n) is 1.49. The molecule has 5 nitrogen and oxygen atoms in total. The Morgan fingerprint density at radius 2 is 2.16 bits per heavy atom. The minimum atomic E-state index is -0.933. The Labute approximate surface area is 112 Å². The summed E-state index contributed by atoms with van der Waals surface area (Å²) in [5, 5.41) is 11.3. The van der Waals surface area contributed by atoms with Crippen LogP contribution in [0, 0.1) is 12.3 Å². The van der Waals surface area contributed by atoms with E-state index in [1.54, 1.807) is 12.1 Å². The Hall–Kier alpha value is -2.35. The molecule has 0 atom stereocenters. The fourth-order valence-corrected chi connectivity index (χ4v) is 1.49. The largest absolute Gasteiger partial charge is 0.481 e. The van der Waals surface area contributed by atoms with E-state index in [-0.39, 0.29) is 12.3 Å². The van der Waals surface area contributed by atoms with Crippen LogP contribution >= 0.6 is 0 Å². The van der Waals surface area contributed by atoms with Gasteiger partial charge in [-0.15, -0.1) is 12.3 Å². The Kier molecular flexibility index (Phi) is 6.10. The van der Waals surface area contributed by atoms with Crippen LogP contribution < -0.4 is 5.32 Å². The lowest BCUT2D eigenvalue weighted by Crippen LogP contribution is -2.11. The van der Waals surface area contributed by atoms with Crippen molar-refractivity contribution < 1.29 is 14.7 Å². The van der Waals surface area contributed by atoms with E-state index in [1.165, 1.54) is 6.20 Å². The number of hydrogen-bond acceptors (Lipinski definition) is 3. The van der Waals surface area contributed by atoms with Crippen molar-refractivity contribution in [1.82, 2.24) is 4.98 Å². The normalized spacial score (nSPS) is 9.63. The van der Waals surface area contributed by atoms with Crippen LogP contribution in [0.25, 0.3) is 0 Å². The third kappa shape index (κ3) is 6.22. The van der Waals surface area contributed by atoms with Gasteiger partial charge in [0.25, 0.3) is 0 Å². The summed E-state index contributed by atoms with van der Waals surface area (Å²) in [5.41, 5.74) is 1.02. The highest BCUT2D eigenvalue weighted by Crippen LogP contribution is 2.08. The lowest BCUT2D eigenvalue weighted by molar-refractivity contribution is -0.136. The van der Waals surface area contributed by atoms with E-state index < -0.39 is 5.97 Å². The number of carbonyl (C=O) groups excluding carboxylic acids is 1. The van der Waals surface area contributed by atoms with Gasteiger partial charge in [-0.3, -0.25) is 14.6 Å². The maximum atomic E-state index is 11.6. The highest BCUT2D eigenvalue weighted by molar-refractivity contribution is 5.90. The molecule has 1 rings (SSSR count). The van der Waals surface area contributed by atoms with Crippen LogP contribution in [-0.2, 0) is 16.0 Å². The number of carboxylic acid groups (broad SMARTS) is 1. The van der Waals surface area contributed by atoms with Crippen molar-refractivity contribution in [3.63, 3.8) is 0 Å². The van der Waals surface area contributed by atoms with Gasteiger partial charge in [0.1, 0.15) is 0 Å². The molecule has 0 fully saturated rings. The summed E-state index contributed by atoms with van der Waals surface area (Å²) in [7, 11) is 0. The van der Waals surface area contributed by atoms with Crippen molar-refractivity contribution in [3.05, 3.63) is 24.0 Å². The van der Waals surface area contributed by atoms with Gasteiger partial charge in [0.2, 0.25) is 5.91 Å². The summed E-state index contributed by atoms with van der Waals surface area (Å²) in [5.74, 6) is 1.50. The zero-order valence-electron chi connectivity index (χ0n) is 10.6. The van der Waals surface area contributed by atoms with Crippen LogP contribution in [0.1, 0.15) is 31.4 Å². The van der Waals surface area contributed by atoms with E-state index in [4.69, 9.17) is 11.5 Å². The number of anilines is 1. The maximum absolute atomic E-state index is 11.6. The first-order valence-electron chi connectivity index (χ1n) is 6.02. The number of pyridine rings is 1. The molecule has 1 aromatic rings. The van der Waals surface area contributed by atoms with Gasteiger partial charge >= 0.3 is 5.97 Å². The molecule has 19 heavy (non-hydrogen) atoms. The number of hydrogen-bond donors (Lipinski definition) is 2. The first-order chi connectivity index (χ1) is 9.11. The Bertz CT molecular complexity index is 474. The molecule has 0 aromatic carbocycles. The van der Waals surface area contributed by atoms with Gasteiger partial charge in [-0.2, -0.15) is 0 Å². The van der Waals surface area contributed by atoms with Gasteiger partial charge in [-0.1, -0.05) is 0 Å². The summed E-state index contributed by atoms with van der Waals surface area (Å²) in [6.07, 6.45) is 9.13. The number of amides is 1. The van der Waals surface area contributed by atoms with Gasteiger partial charge in [0, 0.05) is 12.8 Å². The molecule has 0 aliphatic heterocycles. The molecule has 100 valence electrons. The molecule has 1 amide bonds. The molecule has 2 N–H and O–H groups in total. The van der Waals surface area contributed by atoms with Crippen molar-refractivity contribution >= 4 is 17.6 Å². The molecular formula is C14H16N2O3. The molecular weight excluding hydrogens is 244 g/mol. The van der Waals surface area contributed by atoms with Crippen LogP contribution in [0.2, 0.25) is 0 Å². The van der Waals surface area contributed by atoms with Gasteiger partial charge in [-0.25, -0.2) is 0 Å². The second kappa shape index (κ2) is 7.88. The molecule has 0 spiro atoms. The quantitative estimate of drug-likeness (QED) is 0.579. The van der Waals surface area contributed by atoms with Gasteiger partial charge < -0.3 is 10.4 Å². The summed E-state index contributed by atoms with van der Waals surface area (Å²) < 4.78 is 0. The highest BCUT2D eigenvalue weighted by Gasteiger charge is 2.04. The van der Waals surface area contributed by atoms with Crippen molar-refractivity contribution in [3.8, 4) is 12.3 Å². The molecule has 0 unspecified atom stereocenters. The van der Waals surface area contributed by atoms with E-state index in [0.717, 1.165) is 12.8 Å². The smallest absolute Gasteiger partial charge is 0.309 e. The van der Waals surface area contributed by atoms with Crippen LogP contribution in [0.4, 0.5) is 5.69 Å². The lowest BCUT2D eigenvalue weighted by atomic mass is 10.2. The van der Waals surface area contributed by atoms with Gasteiger partial charge in [-0.05, 0) is 25.0 Å². The number of aromatic nitrogens is 1. The number of carboxylic acids is 1. The summed E-state index contributed by atoms with van der Waals surface area (Å²) in [6, 6.07) is 3.23. The first-order valence-corrected chi connectivity index (χ1v) is 6.02. The van der Waals surface area contributed by atoms with Crippen LogP contribution in [0.3, 0.4) is 0 Å². The van der Waals surface area contributed by atoms with Gasteiger partial charge in [0.05, 0.1) is 24.0 Å². The average Bonchev–Trinajstić information content (AvgIpc) is 2.36. The minimum Gasteiger partial charge on any atom is -0.481 e. The second-order valence-corrected chi connectivity index (χ2v) is 4.07. The van der Waals surface area contributed by atoms with Crippen LogP contribution in [0.15, 0.2) is 18.3 Å². The fraction of sp³-hybridized carbons (Fsp3) is 0.357. The number of nitrogens with zero attached hydrogens (tertiary/aromatic N) is 1. The summed E-state index contributed by atoms with van der Waals surface area (Å²) >= 11 is 0. The number of nitrogens with one attached hydrogen (secondary N) is 1. The van der Waals surface area contributed by atoms with E-state index in [1.807, 2.05) is 0 Å². The summed E-state index contributed by atoms with van der Waals surface area (Å²) in [4.78, 5) is 26.0. The maximum Gasteiger partial charge on any atom is 0.309 e. The van der Waals surface area contributed by atoms with E-state index >= 15 is 0 Å². The van der Waals surface area contributed by atoms with E-state index in [9.17, 15) is 9.59 Å². The number of unbranched alkanes of at least 4 members (excludes halogenated alkanes) is 2. The zero-order chi connectivity index (χ0) is 14.1. The predicted octanol–water partition coefficient (Wildman–Crippen LogP) is 1.84. The minimum absolute atomic E-state index is 0.0928. The van der Waals surface area contributed by atoms with Crippen molar-refractivity contribution in [2.45, 2.75) is 32.1 Å². The molecule has 0 saturated heterocycles.